The van der Waals surface area contributed by atoms with Gasteiger partial charge in [-0.05, 0) is 18.2 Å². The van der Waals surface area contributed by atoms with Gasteiger partial charge in [0.05, 0.1) is 0 Å². The van der Waals surface area contributed by atoms with Gasteiger partial charge in [0.2, 0.25) is 0 Å². The molecule has 17 heavy (non-hydrogen) atoms. The average molecular weight is 282 g/mol. The molecule has 0 unspecified atom stereocenters. The van der Waals surface area contributed by atoms with Crippen molar-refractivity contribution in [3.05, 3.63) is 35.4 Å². The van der Waals surface area contributed by atoms with Gasteiger partial charge in [-0.15, -0.1) is 23.2 Å². The second kappa shape index (κ2) is 6.77. The summed E-state index contributed by atoms with van der Waals surface area (Å²) in [5.41, 5.74) is 0.0825. The first-order chi connectivity index (χ1) is 8.10. The van der Waals surface area contributed by atoms with Gasteiger partial charge in [0.25, 0.3) is 5.91 Å². The van der Waals surface area contributed by atoms with Gasteiger partial charge < -0.3 is 4.90 Å². The first-order valence-corrected chi connectivity index (χ1v) is 6.03. The van der Waals surface area contributed by atoms with Gasteiger partial charge in [-0.3, -0.25) is 4.79 Å². The Morgan fingerprint density at radius 2 is 1.71 bits per heavy atom. The molecule has 0 heterocycles. The minimum absolute atomic E-state index is 0.0825. The summed E-state index contributed by atoms with van der Waals surface area (Å²) in [5, 5.41) is 0. The highest BCUT2D eigenvalue weighted by Crippen LogP contribution is 2.11. The monoisotopic (exact) mass is 281 g/mol. The Kier molecular flexibility index (Phi) is 5.65. The van der Waals surface area contributed by atoms with Gasteiger partial charge in [-0.25, -0.2) is 8.78 Å². The van der Waals surface area contributed by atoms with Crippen LogP contribution in [-0.4, -0.2) is 35.7 Å². The Balaban J connectivity index is 2.88. The number of alkyl halides is 2. The normalized spacial score (nSPS) is 10.4. The lowest BCUT2D eigenvalue weighted by Crippen LogP contribution is -2.34. The molecule has 0 aliphatic rings. The maximum atomic E-state index is 13.0. The standard InChI is InChI=1S/C11H11Cl2F2NO/c12-3-5-16(6-4-13)11(17)8-1-2-9(14)10(15)7-8/h1-2,7H,3-6H2. The van der Waals surface area contributed by atoms with Gasteiger partial charge in [-0.1, -0.05) is 0 Å². The van der Waals surface area contributed by atoms with Crippen LogP contribution in [-0.2, 0) is 0 Å². The summed E-state index contributed by atoms with van der Waals surface area (Å²) >= 11 is 11.1. The van der Waals surface area contributed by atoms with Crippen LogP contribution in [0, 0.1) is 11.6 Å². The molecule has 0 N–H and O–H groups in total. The first-order valence-electron chi connectivity index (χ1n) is 4.96. The van der Waals surface area contributed by atoms with Crippen LogP contribution in [0.3, 0.4) is 0 Å². The molecule has 6 heteroatoms. The highest BCUT2D eigenvalue weighted by atomic mass is 35.5. The van der Waals surface area contributed by atoms with Gasteiger partial charge in [0, 0.05) is 30.4 Å². The number of rotatable bonds is 5. The zero-order valence-corrected chi connectivity index (χ0v) is 10.4. The fourth-order valence-corrected chi connectivity index (χ4v) is 1.74. The predicted octanol–water partition coefficient (Wildman–Crippen LogP) is 2.88. The van der Waals surface area contributed by atoms with Gasteiger partial charge >= 0.3 is 0 Å². The summed E-state index contributed by atoms with van der Waals surface area (Å²) in [6.45, 7) is 0.623. The van der Waals surface area contributed by atoms with E-state index in [0.717, 1.165) is 12.1 Å². The van der Waals surface area contributed by atoms with E-state index in [1.165, 1.54) is 11.0 Å². The molecule has 0 spiro atoms. The predicted molar refractivity (Wildman–Crippen MR) is 63.7 cm³/mol. The largest absolute Gasteiger partial charge is 0.336 e. The number of carbonyl (C=O) groups excluding carboxylic acids is 1. The third-order valence-electron chi connectivity index (χ3n) is 2.16. The number of hydrogen-bond donors (Lipinski definition) is 0. The zero-order chi connectivity index (χ0) is 12.8. The Morgan fingerprint density at radius 3 is 2.18 bits per heavy atom. The Labute approximate surface area is 108 Å². The molecular weight excluding hydrogens is 271 g/mol. The van der Waals surface area contributed by atoms with Crippen LogP contribution >= 0.6 is 23.2 Å². The first kappa shape index (κ1) is 14.2. The summed E-state index contributed by atoms with van der Waals surface area (Å²) in [4.78, 5) is 13.3. The second-order valence-corrected chi connectivity index (χ2v) is 4.05. The lowest BCUT2D eigenvalue weighted by molar-refractivity contribution is 0.0774. The molecule has 2 nitrogen and oxygen atoms in total. The minimum atomic E-state index is -1.05. The molecule has 1 aromatic rings. The van der Waals surface area contributed by atoms with Crippen LogP contribution in [0.25, 0.3) is 0 Å². The van der Waals surface area contributed by atoms with Crippen molar-refractivity contribution in [3.8, 4) is 0 Å². The molecule has 0 aliphatic heterocycles. The van der Waals surface area contributed by atoms with Crippen LogP contribution in [0.1, 0.15) is 10.4 Å². The summed E-state index contributed by atoms with van der Waals surface area (Å²) < 4.78 is 25.7. The Morgan fingerprint density at radius 1 is 1.12 bits per heavy atom. The minimum Gasteiger partial charge on any atom is -0.336 e. The summed E-state index contributed by atoms with van der Waals surface area (Å²) in [5.74, 6) is -1.93. The van der Waals surface area contributed by atoms with Gasteiger partial charge in [0.1, 0.15) is 0 Å². The number of carbonyl (C=O) groups is 1. The van der Waals surface area contributed by atoms with Crippen LogP contribution in [0.15, 0.2) is 18.2 Å². The van der Waals surface area contributed by atoms with E-state index in [-0.39, 0.29) is 17.3 Å². The summed E-state index contributed by atoms with van der Waals surface area (Å²) in [6.07, 6.45) is 0. The topological polar surface area (TPSA) is 20.3 Å². The van der Waals surface area contributed by atoms with E-state index in [1.807, 2.05) is 0 Å². The highest BCUT2D eigenvalue weighted by molar-refractivity contribution is 6.18. The van der Waals surface area contributed by atoms with Crippen molar-refractivity contribution in [1.29, 1.82) is 0 Å². The van der Waals surface area contributed by atoms with Crippen molar-refractivity contribution in [1.82, 2.24) is 4.90 Å². The molecule has 0 atom stereocenters. The number of halogens is 4. The number of nitrogens with zero attached hydrogens (tertiary/aromatic N) is 1. The molecule has 0 saturated carbocycles. The van der Waals surface area contributed by atoms with E-state index in [2.05, 4.69) is 0 Å². The van der Waals surface area contributed by atoms with Crippen LogP contribution < -0.4 is 0 Å². The van der Waals surface area contributed by atoms with Crippen LogP contribution in [0.2, 0.25) is 0 Å². The van der Waals surface area contributed by atoms with Gasteiger partial charge in [0.15, 0.2) is 11.6 Å². The van der Waals surface area contributed by atoms with Crippen molar-refractivity contribution in [2.45, 2.75) is 0 Å². The van der Waals surface area contributed by atoms with E-state index in [0.29, 0.717) is 13.1 Å². The van der Waals surface area contributed by atoms with Crippen molar-refractivity contribution in [2.24, 2.45) is 0 Å². The third kappa shape index (κ3) is 3.82. The highest BCUT2D eigenvalue weighted by Gasteiger charge is 2.16. The summed E-state index contributed by atoms with van der Waals surface area (Å²) in [6, 6.07) is 3.02. The molecule has 0 radical (unpaired) electrons. The zero-order valence-electron chi connectivity index (χ0n) is 8.93. The molecular formula is C11H11Cl2F2NO. The molecule has 1 aromatic carbocycles. The van der Waals surface area contributed by atoms with Gasteiger partial charge in [-0.2, -0.15) is 0 Å². The van der Waals surface area contributed by atoms with Crippen LogP contribution in [0.5, 0.6) is 0 Å². The molecule has 0 aromatic heterocycles. The average Bonchev–Trinajstić information content (AvgIpc) is 2.31. The number of amides is 1. The molecule has 1 amide bonds. The number of hydrogen-bond acceptors (Lipinski definition) is 1. The van der Waals surface area contributed by atoms with E-state index in [1.54, 1.807) is 0 Å². The van der Waals surface area contributed by atoms with Crippen LogP contribution in [0.4, 0.5) is 8.78 Å². The van der Waals surface area contributed by atoms with E-state index >= 15 is 0 Å². The smallest absolute Gasteiger partial charge is 0.254 e. The second-order valence-electron chi connectivity index (χ2n) is 3.30. The Bertz CT molecular complexity index is 395. The lowest BCUT2D eigenvalue weighted by Gasteiger charge is -2.20. The third-order valence-corrected chi connectivity index (χ3v) is 2.50. The van der Waals surface area contributed by atoms with E-state index in [4.69, 9.17) is 23.2 Å². The SMILES string of the molecule is O=C(c1ccc(F)c(F)c1)N(CCCl)CCCl. The molecule has 1 rings (SSSR count). The van der Waals surface area contributed by atoms with E-state index < -0.39 is 17.5 Å². The fraction of sp³-hybridized carbons (Fsp3) is 0.364. The van der Waals surface area contributed by atoms with Crippen molar-refractivity contribution >= 4 is 29.1 Å². The Hall–Kier alpha value is -0.870. The molecule has 0 saturated heterocycles. The molecule has 0 fully saturated rings. The maximum Gasteiger partial charge on any atom is 0.254 e. The van der Waals surface area contributed by atoms with Crippen molar-refractivity contribution in [3.63, 3.8) is 0 Å². The van der Waals surface area contributed by atoms with E-state index in [9.17, 15) is 13.6 Å². The molecule has 94 valence electrons. The quantitative estimate of drug-likeness (QED) is 0.760. The fourth-order valence-electron chi connectivity index (χ4n) is 1.33. The number of benzene rings is 1. The summed E-state index contributed by atoms with van der Waals surface area (Å²) in [7, 11) is 0. The van der Waals surface area contributed by atoms with Crippen molar-refractivity contribution < 1.29 is 13.6 Å². The lowest BCUT2D eigenvalue weighted by atomic mass is 10.2. The molecule has 0 aliphatic carbocycles. The maximum absolute atomic E-state index is 13.0. The molecule has 0 bridgehead atoms. The van der Waals surface area contributed by atoms with Crippen molar-refractivity contribution in [2.75, 3.05) is 24.8 Å².